The van der Waals surface area contributed by atoms with E-state index in [9.17, 15) is 9.59 Å². The Morgan fingerprint density at radius 3 is 2.33 bits per heavy atom. The maximum Gasteiger partial charge on any atom is 0.303 e. The van der Waals surface area contributed by atoms with Crippen molar-refractivity contribution < 1.29 is 19.4 Å². The molecular weight excluding hydrogens is 232 g/mol. The van der Waals surface area contributed by atoms with Crippen LogP contribution in [0.4, 0.5) is 0 Å². The van der Waals surface area contributed by atoms with Gasteiger partial charge in [0.1, 0.15) is 5.75 Å². The smallest absolute Gasteiger partial charge is 0.303 e. The predicted molar refractivity (Wildman–Crippen MR) is 68.0 cm³/mol. The van der Waals surface area contributed by atoms with E-state index in [1.54, 1.807) is 31.2 Å². The van der Waals surface area contributed by atoms with Gasteiger partial charge in [-0.2, -0.15) is 0 Å². The van der Waals surface area contributed by atoms with Crippen LogP contribution in [-0.2, 0) is 4.79 Å². The molecule has 0 unspecified atom stereocenters. The quantitative estimate of drug-likeness (QED) is 0.756. The molecule has 0 aromatic heterocycles. The van der Waals surface area contributed by atoms with E-state index in [2.05, 4.69) is 0 Å². The highest BCUT2D eigenvalue weighted by Gasteiger charge is 2.14. The van der Waals surface area contributed by atoms with Crippen LogP contribution in [0.15, 0.2) is 24.3 Å². The molecule has 0 saturated heterocycles. The zero-order chi connectivity index (χ0) is 13.5. The fourth-order valence-electron chi connectivity index (χ4n) is 1.71. The Bertz CT molecular complexity index is 408. The molecule has 1 aromatic rings. The van der Waals surface area contributed by atoms with Gasteiger partial charge < -0.3 is 9.84 Å². The first-order chi connectivity index (χ1) is 8.52. The predicted octanol–water partition coefficient (Wildman–Crippen LogP) is 2.77. The standard InChI is InChI=1S/C14H18O4/c1-3-18-12-6-4-11(5-7-12)13(15)8-10(2)9-14(16)17/h4-7,10H,3,8-9H2,1-2H3,(H,16,17)/t10-/m1/s1. The third-order valence-corrected chi connectivity index (χ3v) is 2.54. The minimum atomic E-state index is -0.873. The fourth-order valence-corrected chi connectivity index (χ4v) is 1.71. The Balaban J connectivity index is 2.58. The summed E-state index contributed by atoms with van der Waals surface area (Å²) < 4.78 is 5.29. The number of aliphatic carboxylic acids is 1. The number of carboxylic acids is 1. The summed E-state index contributed by atoms with van der Waals surface area (Å²) in [5, 5.41) is 8.63. The molecule has 0 bridgehead atoms. The SMILES string of the molecule is CCOc1ccc(C(=O)C[C@@H](C)CC(=O)O)cc1. The van der Waals surface area contributed by atoms with Gasteiger partial charge in [-0.3, -0.25) is 9.59 Å². The van der Waals surface area contributed by atoms with Crippen molar-refractivity contribution in [3.63, 3.8) is 0 Å². The first-order valence-corrected chi connectivity index (χ1v) is 6.00. The van der Waals surface area contributed by atoms with E-state index in [0.717, 1.165) is 5.75 Å². The highest BCUT2D eigenvalue weighted by atomic mass is 16.5. The number of rotatable bonds is 7. The molecule has 0 saturated carbocycles. The molecule has 4 heteroatoms. The van der Waals surface area contributed by atoms with Crippen LogP contribution in [0.3, 0.4) is 0 Å². The first kappa shape index (κ1) is 14.2. The molecule has 0 radical (unpaired) electrons. The van der Waals surface area contributed by atoms with Crippen molar-refractivity contribution in [3.8, 4) is 5.75 Å². The Morgan fingerprint density at radius 2 is 1.83 bits per heavy atom. The summed E-state index contributed by atoms with van der Waals surface area (Å²) in [6.45, 7) is 4.25. The van der Waals surface area contributed by atoms with Crippen molar-refractivity contribution in [1.29, 1.82) is 0 Å². The second-order valence-electron chi connectivity index (χ2n) is 4.29. The van der Waals surface area contributed by atoms with E-state index >= 15 is 0 Å². The molecule has 1 atom stereocenters. The van der Waals surface area contributed by atoms with Crippen LogP contribution in [0.1, 0.15) is 37.0 Å². The molecule has 18 heavy (non-hydrogen) atoms. The third kappa shape index (κ3) is 4.57. The number of carbonyl (C=O) groups is 2. The molecular formula is C14H18O4. The largest absolute Gasteiger partial charge is 0.494 e. The van der Waals surface area contributed by atoms with Gasteiger partial charge in [0.15, 0.2) is 5.78 Å². The minimum absolute atomic E-state index is 0.0166. The van der Waals surface area contributed by atoms with Gasteiger partial charge in [-0.15, -0.1) is 0 Å². The van der Waals surface area contributed by atoms with E-state index in [0.29, 0.717) is 12.2 Å². The number of ketones is 1. The average Bonchev–Trinajstić information content (AvgIpc) is 2.29. The van der Waals surface area contributed by atoms with Crippen LogP contribution in [0.25, 0.3) is 0 Å². The molecule has 1 aromatic carbocycles. The number of carboxylic acid groups (broad SMARTS) is 1. The molecule has 0 amide bonds. The average molecular weight is 250 g/mol. The van der Waals surface area contributed by atoms with E-state index in [1.807, 2.05) is 6.92 Å². The summed E-state index contributed by atoms with van der Waals surface area (Å²) in [6, 6.07) is 6.92. The van der Waals surface area contributed by atoms with Crippen molar-refractivity contribution in [3.05, 3.63) is 29.8 Å². The Morgan fingerprint density at radius 1 is 1.22 bits per heavy atom. The molecule has 0 heterocycles. The van der Waals surface area contributed by atoms with Gasteiger partial charge in [0.25, 0.3) is 0 Å². The third-order valence-electron chi connectivity index (χ3n) is 2.54. The van der Waals surface area contributed by atoms with Gasteiger partial charge in [0.2, 0.25) is 0 Å². The Kier molecular flexibility index (Phi) is 5.36. The zero-order valence-electron chi connectivity index (χ0n) is 10.7. The van der Waals surface area contributed by atoms with Crippen LogP contribution < -0.4 is 4.74 Å². The summed E-state index contributed by atoms with van der Waals surface area (Å²) in [6.07, 6.45) is 0.267. The lowest BCUT2D eigenvalue weighted by molar-refractivity contribution is -0.137. The molecule has 0 aliphatic heterocycles. The van der Waals surface area contributed by atoms with Crippen molar-refractivity contribution >= 4 is 11.8 Å². The number of Topliss-reactive ketones (excluding diaryl/α,β-unsaturated/α-hetero) is 1. The lowest BCUT2D eigenvalue weighted by Crippen LogP contribution is -2.10. The van der Waals surface area contributed by atoms with Crippen molar-refractivity contribution in [1.82, 2.24) is 0 Å². The van der Waals surface area contributed by atoms with Crippen LogP contribution >= 0.6 is 0 Å². The van der Waals surface area contributed by atoms with Gasteiger partial charge in [0, 0.05) is 18.4 Å². The van der Waals surface area contributed by atoms with E-state index in [1.165, 1.54) is 0 Å². The molecule has 0 spiro atoms. The molecule has 1 rings (SSSR count). The monoisotopic (exact) mass is 250 g/mol. The molecule has 1 N–H and O–H groups in total. The van der Waals surface area contributed by atoms with Crippen LogP contribution in [0, 0.1) is 5.92 Å². The number of hydrogen-bond acceptors (Lipinski definition) is 3. The zero-order valence-corrected chi connectivity index (χ0v) is 10.7. The minimum Gasteiger partial charge on any atom is -0.494 e. The number of ether oxygens (including phenoxy) is 1. The van der Waals surface area contributed by atoms with Gasteiger partial charge in [-0.25, -0.2) is 0 Å². The Labute approximate surface area is 107 Å². The maximum atomic E-state index is 11.9. The van der Waals surface area contributed by atoms with Crippen LogP contribution in [-0.4, -0.2) is 23.5 Å². The summed E-state index contributed by atoms with van der Waals surface area (Å²) >= 11 is 0. The van der Waals surface area contributed by atoms with E-state index in [-0.39, 0.29) is 24.5 Å². The highest BCUT2D eigenvalue weighted by molar-refractivity contribution is 5.96. The topological polar surface area (TPSA) is 63.6 Å². The normalized spacial score (nSPS) is 11.9. The van der Waals surface area contributed by atoms with Crippen molar-refractivity contribution in [2.45, 2.75) is 26.7 Å². The van der Waals surface area contributed by atoms with Crippen LogP contribution in [0.5, 0.6) is 5.75 Å². The number of benzene rings is 1. The van der Waals surface area contributed by atoms with Gasteiger partial charge in [-0.05, 0) is 37.1 Å². The van der Waals surface area contributed by atoms with Gasteiger partial charge in [0.05, 0.1) is 6.61 Å². The Hall–Kier alpha value is -1.84. The number of hydrogen-bond donors (Lipinski definition) is 1. The molecule has 0 fully saturated rings. The van der Waals surface area contributed by atoms with Crippen LogP contribution in [0.2, 0.25) is 0 Å². The van der Waals surface area contributed by atoms with Gasteiger partial charge >= 0.3 is 5.97 Å². The summed E-state index contributed by atoms with van der Waals surface area (Å²) in [5.74, 6) is -0.331. The fraction of sp³-hybridized carbons (Fsp3) is 0.429. The van der Waals surface area contributed by atoms with Gasteiger partial charge in [-0.1, -0.05) is 6.92 Å². The summed E-state index contributed by atoms with van der Waals surface area (Å²) in [7, 11) is 0. The lowest BCUT2D eigenvalue weighted by Gasteiger charge is -2.08. The maximum absolute atomic E-state index is 11.9. The van der Waals surface area contributed by atoms with Crippen molar-refractivity contribution in [2.24, 2.45) is 5.92 Å². The second-order valence-corrected chi connectivity index (χ2v) is 4.29. The van der Waals surface area contributed by atoms with Crippen molar-refractivity contribution in [2.75, 3.05) is 6.61 Å². The lowest BCUT2D eigenvalue weighted by atomic mass is 9.97. The highest BCUT2D eigenvalue weighted by Crippen LogP contribution is 2.16. The second kappa shape index (κ2) is 6.79. The first-order valence-electron chi connectivity index (χ1n) is 6.00. The van der Waals surface area contributed by atoms with E-state index in [4.69, 9.17) is 9.84 Å². The molecule has 0 aliphatic rings. The van der Waals surface area contributed by atoms with E-state index < -0.39 is 5.97 Å². The molecule has 4 nitrogen and oxygen atoms in total. The summed E-state index contributed by atoms with van der Waals surface area (Å²) in [5.41, 5.74) is 0.593. The molecule has 98 valence electrons. The summed E-state index contributed by atoms with van der Waals surface area (Å²) in [4.78, 5) is 22.4. The number of carbonyl (C=O) groups excluding carboxylic acids is 1. The molecule has 0 aliphatic carbocycles.